The van der Waals surface area contributed by atoms with E-state index in [-0.39, 0.29) is 12.1 Å². The number of hydrogen-bond donors (Lipinski definition) is 0. The Morgan fingerprint density at radius 2 is 1.88 bits per heavy atom. The van der Waals surface area contributed by atoms with Crippen LogP contribution >= 0.6 is 11.3 Å². The smallest absolute Gasteiger partial charge is 0.321 e. The van der Waals surface area contributed by atoms with Crippen molar-refractivity contribution in [3.8, 4) is 5.69 Å². The van der Waals surface area contributed by atoms with Crippen molar-refractivity contribution in [3.05, 3.63) is 45.7 Å². The van der Waals surface area contributed by atoms with E-state index in [1.165, 1.54) is 23.5 Å². The van der Waals surface area contributed by atoms with E-state index in [0.29, 0.717) is 17.0 Å². The third-order valence-corrected chi connectivity index (χ3v) is 4.54. The van der Waals surface area contributed by atoms with Gasteiger partial charge >= 0.3 is 12.2 Å². The van der Waals surface area contributed by atoms with Gasteiger partial charge in [0.05, 0.1) is 5.56 Å². The predicted octanol–water partition coefficient (Wildman–Crippen LogP) is 4.62. The maximum atomic E-state index is 12.7. The van der Waals surface area contributed by atoms with E-state index >= 15 is 0 Å². The molecule has 8 heteroatoms. The highest BCUT2D eigenvalue weighted by atomic mass is 32.1. The molecule has 25 heavy (non-hydrogen) atoms. The molecule has 2 aromatic rings. The number of carbonyl (C=O) groups excluding carboxylic acids is 1. The highest BCUT2D eigenvalue weighted by Crippen LogP contribution is 2.29. The first kappa shape index (κ1) is 19.2. The molecule has 0 unspecified atom stereocenters. The summed E-state index contributed by atoms with van der Waals surface area (Å²) in [6.07, 6.45) is -2.62. The minimum atomic E-state index is -4.38. The van der Waals surface area contributed by atoms with E-state index in [9.17, 15) is 18.0 Å². The van der Waals surface area contributed by atoms with E-state index in [1.807, 2.05) is 27.7 Å². The molecule has 0 aliphatic rings. The number of nitrogens with zero attached hydrogens (tertiary/aromatic N) is 3. The normalized spacial score (nSPS) is 12.7. The van der Waals surface area contributed by atoms with Crippen molar-refractivity contribution >= 4 is 17.4 Å². The molecule has 0 radical (unpaired) electrons. The molecule has 136 valence electrons. The van der Waals surface area contributed by atoms with Gasteiger partial charge in [0.2, 0.25) is 0 Å². The van der Waals surface area contributed by atoms with Crippen molar-refractivity contribution in [2.75, 3.05) is 6.54 Å². The van der Waals surface area contributed by atoms with Crippen molar-refractivity contribution in [2.24, 2.45) is 4.99 Å². The molecule has 2 amide bonds. The molecule has 0 N–H and O–H groups in total. The molecule has 1 aromatic carbocycles. The van der Waals surface area contributed by atoms with Gasteiger partial charge < -0.3 is 4.90 Å². The highest BCUT2D eigenvalue weighted by molar-refractivity contribution is 7.09. The molecule has 2 rings (SSSR count). The van der Waals surface area contributed by atoms with Crippen molar-refractivity contribution in [1.82, 2.24) is 9.47 Å². The number of halogens is 3. The molecule has 0 aliphatic carbocycles. The Hall–Kier alpha value is -2.09. The molecular formula is C17H20F3N3OS. The summed E-state index contributed by atoms with van der Waals surface area (Å²) < 4.78 is 39.8. The molecular weight excluding hydrogens is 351 g/mol. The van der Waals surface area contributed by atoms with Crippen LogP contribution in [-0.4, -0.2) is 28.1 Å². The van der Waals surface area contributed by atoms with Gasteiger partial charge in [-0.3, -0.25) is 4.57 Å². The summed E-state index contributed by atoms with van der Waals surface area (Å²) in [5.74, 6) is 0. The zero-order chi connectivity index (χ0) is 18.8. The molecule has 0 fully saturated rings. The Kier molecular flexibility index (Phi) is 5.72. The Morgan fingerprint density at radius 3 is 2.36 bits per heavy atom. The Balaban J connectivity index is 2.45. The summed E-state index contributed by atoms with van der Waals surface area (Å²) in [7, 11) is 0. The summed E-state index contributed by atoms with van der Waals surface area (Å²) >= 11 is 1.31. The number of thiazole rings is 1. The van der Waals surface area contributed by atoms with Crippen LogP contribution in [0, 0.1) is 6.92 Å². The number of alkyl halides is 3. The van der Waals surface area contributed by atoms with Gasteiger partial charge in [0.15, 0.2) is 4.80 Å². The van der Waals surface area contributed by atoms with Crippen molar-refractivity contribution in [2.45, 2.75) is 39.9 Å². The number of benzene rings is 1. The third kappa shape index (κ3) is 4.50. The van der Waals surface area contributed by atoms with Gasteiger partial charge in [-0.05, 0) is 52.0 Å². The number of aryl methyl sites for hydroxylation is 1. The second-order valence-electron chi connectivity index (χ2n) is 5.81. The van der Waals surface area contributed by atoms with E-state index in [0.717, 1.165) is 17.0 Å². The fourth-order valence-corrected chi connectivity index (χ4v) is 3.22. The Bertz CT molecular complexity index is 804. The first-order chi connectivity index (χ1) is 11.6. The maximum absolute atomic E-state index is 12.7. The quantitative estimate of drug-likeness (QED) is 0.776. The third-order valence-electron chi connectivity index (χ3n) is 3.64. The number of amides is 2. The summed E-state index contributed by atoms with van der Waals surface area (Å²) in [5, 5.41) is 0. The fourth-order valence-electron chi connectivity index (χ4n) is 2.40. The van der Waals surface area contributed by atoms with Gasteiger partial charge in [0, 0.05) is 29.3 Å². The lowest BCUT2D eigenvalue weighted by molar-refractivity contribution is -0.137. The Morgan fingerprint density at radius 1 is 1.28 bits per heavy atom. The number of rotatable bonds is 3. The van der Waals surface area contributed by atoms with Gasteiger partial charge in [-0.15, -0.1) is 11.3 Å². The van der Waals surface area contributed by atoms with Crippen LogP contribution in [0.3, 0.4) is 0 Å². The zero-order valence-electron chi connectivity index (χ0n) is 14.5. The van der Waals surface area contributed by atoms with Gasteiger partial charge in [0.1, 0.15) is 0 Å². The molecule has 0 atom stereocenters. The Labute approximate surface area is 148 Å². The van der Waals surface area contributed by atoms with E-state index < -0.39 is 11.7 Å². The molecule has 0 saturated carbocycles. The lowest BCUT2D eigenvalue weighted by Crippen LogP contribution is -2.35. The predicted molar refractivity (Wildman–Crippen MR) is 91.9 cm³/mol. The first-order valence-corrected chi connectivity index (χ1v) is 8.67. The second-order valence-corrected chi connectivity index (χ2v) is 7.03. The van der Waals surface area contributed by atoms with Gasteiger partial charge in [0.25, 0.3) is 0 Å². The molecule has 1 aromatic heterocycles. The summed E-state index contributed by atoms with van der Waals surface area (Å²) in [6.45, 7) is 8.07. The molecule has 4 nitrogen and oxygen atoms in total. The number of urea groups is 1. The van der Waals surface area contributed by atoms with Crippen LogP contribution in [-0.2, 0) is 6.18 Å². The second kappa shape index (κ2) is 7.43. The summed E-state index contributed by atoms with van der Waals surface area (Å²) in [6, 6.07) is 4.44. The van der Waals surface area contributed by atoms with Crippen LogP contribution in [0.25, 0.3) is 5.69 Å². The van der Waals surface area contributed by atoms with Crippen LogP contribution in [0.15, 0.2) is 35.5 Å². The SMILES string of the molecule is CCN(C(=O)/N=c1\sc(C)cn1-c1ccc(C(F)(F)F)cc1)C(C)C. The molecule has 0 bridgehead atoms. The lowest BCUT2D eigenvalue weighted by Gasteiger charge is -2.22. The van der Waals surface area contributed by atoms with E-state index in [4.69, 9.17) is 0 Å². The monoisotopic (exact) mass is 371 g/mol. The largest absolute Gasteiger partial charge is 0.416 e. The van der Waals surface area contributed by atoms with Crippen molar-refractivity contribution in [3.63, 3.8) is 0 Å². The summed E-state index contributed by atoms with van der Waals surface area (Å²) in [5.41, 5.74) is -0.188. The average Bonchev–Trinajstić information content (AvgIpc) is 2.87. The van der Waals surface area contributed by atoms with Gasteiger partial charge in [-0.25, -0.2) is 4.79 Å². The number of aromatic nitrogens is 1. The van der Waals surface area contributed by atoms with Crippen LogP contribution in [0.5, 0.6) is 0 Å². The minimum absolute atomic E-state index is 0.0156. The minimum Gasteiger partial charge on any atom is -0.321 e. The van der Waals surface area contributed by atoms with Gasteiger partial charge in [-0.1, -0.05) is 0 Å². The lowest BCUT2D eigenvalue weighted by atomic mass is 10.2. The number of hydrogen-bond acceptors (Lipinski definition) is 2. The van der Waals surface area contributed by atoms with Crippen LogP contribution < -0.4 is 4.80 Å². The first-order valence-electron chi connectivity index (χ1n) is 7.85. The fraction of sp³-hybridized carbons (Fsp3) is 0.412. The highest BCUT2D eigenvalue weighted by Gasteiger charge is 2.30. The average molecular weight is 371 g/mol. The molecule has 1 heterocycles. The van der Waals surface area contributed by atoms with Crippen molar-refractivity contribution < 1.29 is 18.0 Å². The van der Waals surface area contributed by atoms with E-state index in [1.54, 1.807) is 15.7 Å². The summed E-state index contributed by atoms with van der Waals surface area (Å²) in [4.78, 5) is 19.5. The topological polar surface area (TPSA) is 37.6 Å². The van der Waals surface area contributed by atoms with Crippen LogP contribution in [0.1, 0.15) is 31.2 Å². The van der Waals surface area contributed by atoms with Crippen molar-refractivity contribution in [1.29, 1.82) is 0 Å². The molecule has 0 aliphatic heterocycles. The molecule has 0 saturated heterocycles. The van der Waals surface area contributed by atoms with Crippen LogP contribution in [0.4, 0.5) is 18.0 Å². The van der Waals surface area contributed by atoms with Gasteiger partial charge in [-0.2, -0.15) is 18.2 Å². The maximum Gasteiger partial charge on any atom is 0.416 e. The standard InChI is InChI=1S/C17H20F3N3OS/c1-5-22(11(2)3)15(24)21-16-23(10-12(4)25-16)14-8-6-13(7-9-14)17(18,19)20/h6-11H,5H2,1-4H3/b21-16-. The number of carbonyl (C=O) groups is 1. The molecule has 0 spiro atoms. The van der Waals surface area contributed by atoms with Crippen LogP contribution in [0.2, 0.25) is 0 Å². The zero-order valence-corrected chi connectivity index (χ0v) is 15.3. The van der Waals surface area contributed by atoms with E-state index in [2.05, 4.69) is 4.99 Å².